The molecule has 0 aliphatic carbocycles. The maximum Gasteiger partial charge on any atom is 0.127 e. The summed E-state index contributed by atoms with van der Waals surface area (Å²) < 4.78 is 5.84. The molecule has 2 heteroatoms. The third-order valence-corrected chi connectivity index (χ3v) is 3.47. The van der Waals surface area contributed by atoms with Gasteiger partial charge in [-0.3, -0.25) is 0 Å². The highest BCUT2D eigenvalue weighted by atomic mass is 16.5. The molecule has 0 radical (unpaired) electrons. The smallest absolute Gasteiger partial charge is 0.127 e. The van der Waals surface area contributed by atoms with Crippen molar-refractivity contribution in [1.29, 1.82) is 0 Å². The van der Waals surface area contributed by atoms with Crippen molar-refractivity contribution in [3.8, 4) is 11.5 Å². The maximum atomic E-state index is 5.84. The van der Waals surface area contributed by atoms with Crippen LogP contribution in [0.3, 0.4) is 0 Å². The van der Waals surface area contributed by atoms with Gasteiger partial charge in [-0.1, -0.05) is 58.0 Å². The van der Waals surface area contributed by atoms with Gasteiger partial charge in [0.25, 0.3) is 0 Å². The van der Waals surface area contributed by atoms with Gasteiger partial charge < -0.3 is 10.1 Å². The molecule has 2 rings (SSSR count). The molecule has 2 aromatic rings. The summed E-state index contributed by atoms with van der Waals surface area (Å²) >= 11 is 0. The maximum absolute atomic E-state index is 5.84. The number of hydrogen-bond acceptors (Lipinski definition) is 2. The van der Waals surface area contributed by atoms with Crippen molar-refractivity contribution in [2.24, 2.45) is 5.41 Å². The van der Waals surface area contributed by atoms with Crippen molar-refractivity contribution >= 4 is 0 Å². The predicted octanol–water partition coefficient (Wildman–Crippen LogP) is 5.18. The monoisotopic (exact) mass is 283 g/mol. The van der Waals surface area contributed by atoms with Crippen molar-refractivity contribution in [2.45, 2.75) is 33.7 Å². The van der Waals surface area contributed by atoms with Crippen molar-refractivity contribution in [3.05, 3.63) is 60.2 Å². The first-order valence-corrected chi connectivity index (χ1v) is 7.57. The van der Waals surface area contributed by atoms with Crippen molar-refractivity contribution in [3.63, 3.8) is 0 Å². The molecule has 112 valence electrons. The summed E-state index contributed by atoms with van der Waals surface area (Å²) in [6.45, 7) is 9.88. The van der Waals surface area contributed by atoms with E-state index in [-0.39, 0.29) is 5.41 Å². The lowest BCUT2D eigenvalue weighted by molar-refractivity contribution is 0.276. The zero-order chi connectivity index (χ0) is 15.3. The molecule has 0 saturated carbocycles. The minimum Gasteiger partial charge on any atom is -0.457 e. The summed E-state index contributed by atoms with van der Waals surface area (Å²) in [5.74, 6) is 1.73. The molecular weight excluding hydrogens is 258 g/mol. The topological polar surface area (TPSA) is 21.3 Å². The van der Waals surface area contributed by atoms with Gasteiger partial charge in [-0.05, 0) is 41.8 Å². The minimum atomic E-state index is 0.178. The molecule has 21 heavy (non-hydrogen) atoms. The summed E-state index contributed by atoms with van der Waals surface area (Å²) in [6, 6.07) is 18.6. The molecule has 1 N–H and O–H groups in total. The van der Waals surface area contributed by atoms with Gasteiger partial charge in [-0.15, -0.1) is 0 Å². The van der Waals surface area contributed by atoms with Crippen LogP contribution in [0.1, 0.15) is 39.3 Å². The zero-order valence-corrected chi connectivity index (χ0v) is 13.4. The highest BCUT2D eigenvalue weighted by molar-refractivity contribution is 5.34. The Labute approximate surface area is 128 Å². The van der Waals surface area contributed by atoms with E-state index >= 15 is 0 Å². The highest BCUT2D eigenvalue weighted by Gasteiger charge is 2.25. The summed E-state index contributed by atoms with van der Waals surface area (Å²) in [6.07, 6.45) is 0. The van der Waals surface area contributed by atoms with Crippen LogP contribution in [0.25, 0.3) is 0 Å². The molecule has 0 amide bonds. The number of hydrogen-bond donors (Lipinski definition) is 1. The second kappa shape index (κ2) is 6.77. The van der Waals surface area contributed by atoms with Crippen LogP contribution in [0.15, 0.2) is 54.6 Å². The normalized spacial score (nSPS) is 13.0. The largest absolute Gasteiger partial charge is 0.457 e. The van der Waals surface area contributed by atoms with E-state index in [1.165, 1.54) is 5.56 Å². The predicted molar refractivity (Wildman–Crippen MR) is 88.8 cm³/mol. The Hall–Kier alpha value is -1.80. The fourth-order valence-electron chi connectivity index (χ4n) is 2.48. The van der Waals surface area contributed by atoms with E-state index < -0.39 is 0 Å². The Morgan fingerprint density at radius 2 is 1.48 bits per heavy atom. The molecule has 0 aliphatic heterocycles. The second-order valence-electron chi connectivity index (χ2n) is 6.34. The van der Waals surface area contributed by atoms with E-state index in [9.17, 15) is 0 Å². The van der Waals surface area contributed by atoms with Gasteiger partial charge in [-0.25, -0.2) is 0 Å². The average Bonchev–Trinajstić information content (AvgIpc) is 2.46. The van der Waals surface area contributed by atoms with Gasteiger partial charge >= 0.3 is 0 Å². The van der Waals surface area contributed by atoms with Gasteiger partial charge in [-0.2, -0.15) is 0 Å². The van der Waals surface area contributed by atoms with Crippen LogP contribution in [0, 0.1) is 5.41 Å². The fraction of sp³-hybridized carbons (Fsp3) is 0.368. The summed E-state index contributed by atoms with van der Waals surface area (Å²) in [4.78, 5) is 0. The number of ether oxygens (including phenoxy) is 1. The molecule has 2 aromatic carbocycles. The second-order valence-corrected chi connectivity index (χ2v) is 6.34. The molecule has 0 aromatic heterocycles. The average molecular weight is 283 g/mol. The van der Waals surface area contributed by atoms with E-state index in [1.807, 2.05) is 42.5 Å². The highest BCUT2D eigenvalue weighted by Crippen LogP contribution is 2.33. The Kier molecular flexibility index (Phi) is 5.03. The van der Waals surface area contributed by atoms with Crippen LogP contribution in [0.4, 0.5) is 0 Å². The van der Waals surface area contributed by atoms with Crippen molar-refractivity contribution in [2.75, 3.05) is 6.54 Å². The lowest BCUT2D eigenvalue weighted by Gasteiger charge is -2.32. The quantitative estimate of drug-likeness (QED) is 0.816. The Bertz CT molecular complexity index is 540. The van der Waals surface area contributed by atoms with Crippen molar-refractivity contribution in [1.82, 2.24) is 5.32 Å². The van der Waals surface area contributed by atoms with Crippen LogP contribution < -0.4 is 10.1 Å². The Morgan fingerprint density at radius 1 is 0.905 bits per heavy atom. The third kappa shape index (κ3) is 4.33. The minimum absolute atomic E-state index is 0.178. The SMILES string of the molecule is CCNC(c1ccc(Oc2ccccc2)cc1)C(C)(C)C. The summed E-state index contributed by atoms with van der Waals surface area (Å²) in [5.41, 5.74) is 1.47. The van der Waals surface area contributed by atoms with Crippen LogP contribution in [0.2, 0.25) is 0 Å². The molecule has 0 fully saturated rings. The molecule has 0 spiro atoms. The third-order valence-electron chi connectivity index (χ3n) is 3.47. The number of nitrogens with one attached hydrogen (secondary N) is 1. The van der Waals surface area contributed by atoms with E-state index in [0.717, 1.165) is 18.0 Å². The van der Waals surface area contributed by atoms with E-state index in [2.05, 4.69) is 45.1 Å². The number of para-hydroxylation sites is 1. The molecule has 0 aliphatic rings. The lowest BCUT2D eigenvalue weighted by Crippen LogP contribution is -2.32. The zero-order valence-electron chi connectivity index (χ0n) is 13.4. The van der Waals surface area contributed by atoms with Crippen LogP contribution in [-0.4, -0.2) is 6.54 Å². The van der Waals surface area contributed by atoms with Crippen molar-refractivity contribution < 1.29 is 4.74 Å². The molecule has 2 nitrogen and oxygen atoms in total. The Morgan fingerprint density at radius 3 is 2.00 bits per heavy atom. The fourth-order valence-corrected chi connectivity index (χ4v) is 2.48. The molecule has 1 atom stereocenters. The lowest BCUT2D eigenvalue weighted by atomic mass is 9.82. The first kappa shape index (κ1) is 15.6. The first-order valence-electron chi connectivity index (χ1n) is 7.57. The Balaban J connectivity index is 2.14. The van der Waals surface area contributed by atoms with Gasteiger partial charge in [0.15, 0.2) is 0 Å². The molecule has 0 bridgehead atoms. The molecule has 0 heterocycles. The first-order chi connectivity index (χ1) is 10.0. The summed E-state index contributed by atoms with van der Waals surface area (Å²) in [7, 11) is 0. The number of rotatable bonds is 5. The molecule has 1 unspecified atom stereocenters. The van der Waals surface area contributed by atoms with Gasteiger partial charge in [0.05, 0.1) is 0 Å². The number of benzene rings is 2. The molecular formula is C19H25NO. The van der Waals surface area contributed by atoms with Gasteiger partial charge in [0, 0.05) is 6.04 Å². The van der Waals surface area contributed by atoms with Crippen LogP contribution in [0.5, 0.6) is 11.5 Å². The van der Waals surface area contributed by atoms with Crippen LogP contribution >= 0.6 is 0 Å². The van der Waals surface area contributed by atoms with Crippen LogP contribution in [-0.2, 0) is 0 Å². The van der Waals surface area contributed by atoms with E-state index in [4.69, 9.17) is 4.74 Å². The summed E-state index contributed by atoms with van der Waals surface area (Å²) in [5, 5.41) is 3.57. The van der Waals surface area contributed by atoms with Gasteiger partial charge in [0.2, 0.25) is 0 Å². The molecule has 0 saturated heterocycles. The van der Waals surface area contributed by atoms with Gasteiger partial charge in [0.1, 0.15) is 11.5 Å². The standard InChI is InChI=1S/C19H25NO/c1-5-20-18(19(2,3)4)15-11-13-17(14-12-15)21-16-9-7-6-8-10-16/h6-14,18,20H,5H2,1-4H3. The van der Waals surface area contributed by atoms with E-state index in [1.54, 1.807) is 0 Å². The van der Waals surface area contributed by atoms with E-state index in [0.29, 0.717) is 6.04 Å².